The SMILES string of the molecule is c1ccc(-c2nc(-n3c4ccc5ccccc5c4c4c5c6ccccc6n6c7ccccc7c(cc43)c56)c3c(n2)sc2ccccc23)cc1. The Bertz CT molecular complexity index is 3330. The molecule has 0 bridgehead atoms. The highest BCUT2D eigenvalue weighted by molar-refractivity contribution is 7.25. The highest BCUT2D eigenvalue weighted by atomic mass is 32.1. The van der Waals surface area contributed by atoms with Gasteiger partial charge in [-0.1, -0.05) is 115 Å². The first kappa shape index (κ1) is 25.7. The molecule has 0 saturated carbocycles. The van der Waals surface area contributed by atoms with Gasteiger partial charge in [0, 0.05) is 48.0 Å². The molecule has 0 aliphatic heterocycles. The fourth-order valence-electron chi connectivity index (χ4n) is 8.48. The van der Waals surface area contributed by atoms with E-state index in [-0.39, 0.29) is 0 Å². The first-order valence-electron chi connectivity index (χ1n) is 16.6. The van der Waals surface area contributed by atoms with E-state index in [1.54, 1.807) is 11.3 Å². The van der Waals surface area contributed by atoms with Crippen LogP contribution in [0.2, 0.25) is 0 Å². The van der Waals surface area contributed by atoms with Crippen molar-refractivity contribution in [1.82, 2.24) is 18.9 Å². The summed E-state index contributed by atoms with van der Waals surface area (Å²) >= 11 is 1.74. The molecule has 0 aliphatic rings. The Morgan fingerprint density at radius 2 is 1.14 bits per heavy atom. The molecule has 0 saturated heterocycles. The second-order valence-corrected chi connectivity index (χ2v) is 14.0. The van der Waals surface area contributed by atoms with E-state index < -0.39 is 0 Å². The fourth-order valence-corrected chi connectivity index (χ4v) is 9.56. The van der Waals surface area contributed by atoms with Gasteiger partial charge in [0.1, 0.15) is 4.83 Å². The molecule has 0 amide bonds. The van der Waals surface area contributed by atoms with Crippen LogP contribution in [0.15, 0.2) is 146 Å². The Balaban J connectivity index is 1.39. The van der Waals surface area contributed by atoms with Crippen molar-refractivity contribution in [3.63, 3.8) is 0 Å². The van der Waals surface area contributed by atoms with Crippen molar-refractivity contribution in [3.05, 3.63) is 146 Å². The van der Waals surface area contributed by atoms with E-state index in [4.69, 9.17) is 9.97 Å². The standard InChI is InChI=1S/C44H24N4S/c1-2-13-26(14-3-1)42-45-43(39-30-18-8-11-21-36(30)49-44(39)46-42)48-34-23-22-25-12-4-5-15-27(25)37(34)40-35(48)24-31-28-16-6-9-19-32(28)47-33-20-10-7-17-29(33)38(40)41(31)47/h1-24H. The molecule has 0 unspecified atom stereocenters. The molecule has 5 aromatic heterocycles. The van der Waals surface area contributed by atoms with Crippen molar-refractivity contribution in [1.29, 1.82) is 0 Å². The summed E-state index contributed by atoms with van der Waals surface area (Å²) in [6, 6.07) is 52.5. The number of rotatable bonds is 2. The molecule has 4 nitrogen and oxygen atoms in total. The Labute approximate surface area is 283 Å². The lowest BCUT2D eigenvalue weighted by Crippen LogP contribution is -2.01. The van der Waals surface area contributed by atoms with E-state index in [0.717, 1.165) is 38.5 Å². The molecule has 0 radical (unpaired) electrons. The van der Waals surface area contributed by atoms with Crippen LogP contribution in [0.3, 0.4) is 0 Å². The molecule has 12 rings (SSSR count). The monoisotopic (exact) mass is 640 g/mol. The van der Waals surface area contributed by atoms with Gasteiger partial charge in [-0.3, -0.25) is 4.57 Å². The van der Waals surface area contributed by atoms with Gasteiger partial charge in [0.2, 0.25) is 0 Å². The summed E-state index contributed by atoms with van der Waals surface area (Å²) in [5, 5.41) is 12.3. The number of fused-ring (bicyclic) bond motifs is 15. The maximum atomic E-state index is 5.51. The lowest BCUT2D eigenvalue weighted by Gasteiger charge is -2.12. The Hall–Kier alpha value is -6.30. The predicted molar refractivity (Wildman–Crippen MR) is 207 cm³/mol. The summed E-state index contributed by atoms with van der Waals surface area (Å²) in [6.07, 6.45) is 0. The molecule has 7 aromatic carbocycles. The zero-order valence-electron chi connectivity index (χ0n) is 26.1. The van der Waals surface area contributed by atoms with E-state index in [2.05, 4.69) is 148 Å². The number of nitrogens with zero attached hydrogens (tertiary/aromatic N) is 4. The summed E-state index contributed by atoms with van der Waals surface area (Å²) in [7, 11) is 0. The van der Waals surface area contributed by atoms with Crippen LogP contribution in [-0.2, 0) is 0 Å². The minimum atomic E-state index is 0.734. The molecule has 5 heteroatoms. The van der Waals surface area contributed by atoms with Gasteiger partial charge in [-0.2, -0.15) is 0 Å². The molecule has 226 valence electrons. The molecular weight excluding hydrogens is 617 g/mol. The molecule has 12 aromatic rings. The quantitative estimate of drug-likeness (QED) is 0.188. The van der Waals surface area contributed by atoms with Gasteiger partial charge < -0.3 is 4.40 Å². The lowest BCUT2D eigenvalue weighted by atomic mass is 9.99. The Kier molecular flexibility index (Phi) is 4.83. The van der Waals surface area contributed by atoms with Crippen LogP contribution in [0.25, 0.3) is 108 Å². The van der Waals surface area contributed by atoms with Gasteiger partial charge in [-0.25, -0.2) is 9.97 Å². The molecule has 49 heavy (non-hydrogen) atoms. The van der Waals surface area contributed by atoms with Crippen molar-refractivity contribution < 1.29 is 0 Å². The van der Waals surface area contributed by atoms with Crippen molar-refractivity contribution in [3.8, 4) is 17.2 Å². The smallest absolute Gasteiger partial charge is 0.163 e. The van der Waals surface area contributed by atoms with Crippen molar-refractivity contribution in [2.45, 2.75) is 0 Å². The number of aromatic nitrogens is 4. The average Bonchev–Trinajstić information content (AvgIpc) is 3.90. The van der Waals surface area contributed by atoms with E-state index in [1.807, 2.05) is 6.07 Å². The molecular formula is C44H24N4S. The molecule has 0 atom stereocenters. The third-order valence-electron chi connectivity index (χ3n) is 10.5. The predicted octanol–water partition coefficient (Wildman–Crippen LogP) is 11.9. The van der Waals surface area contributed by atoms with Crippen LogP contribution in [0.1, 0.15) is 0 Å². The zero-order chi connectivity index (χ0) is 31.8. The highest BCUT2D eigenvalue weighted by Gasteiger charge is 2.27. The summed E-state index contributed by atoms with van der Waals surface area (Å²) < 4.78 is 6.13. The largest absolute Gasteiger partial charge is 0.308 e. The van der Waals surface area contributed by atoms with Crippen LogP contribution < -0.4 is 0 Å². The van der Waals surface area contributed by atoms with Crippen molar-refractivity contribution in [2.75, 3.05) is 0 Å². The highest BCUT2D eigenvalue weighted by Crippen LogP contribution is 2.49. The van der Waals surface area contributed by atoms with Gasteiger partial charge in [0.25, 0.3) is 0 Å². The summed E-state index contributed by atoms with van der Waals surface area (Å²) in [5.74, 6) is 1.65. The fraction of sp³-hybridized carbons (Fsp3) is 0. The number of thiophene rings is 1. The second kappa shape index (κ2) is 9.19. The van der Waals surface area contributed by atoms with Crippen molar-refractivity contribution >= 4 is 102 Å². The Morgan fingerprint density at radius 3 is 2.00 bits per heavy atom. The van der Waals surface area contributed by atoms with Gasteiger partial charge in [0.05, 0.1) is 33.0 Å². The zero-order valence-corrected chi connectivity index (χ0v) is 26.9. The Morgan fingerprint density at radius 1 is 0.449 bits per heavy atom. The summed E-state index contributed by atoms with van der Waals surface area (Å²) in [6.45, 7) is 0. The first-order chi connectivity index (χ1) is 24.3. The summed E-state index contributed by atoms with van der Waals surface area (Å²) in [4.78, 5) is 11.7. The average molecular weight is 641 g/mol. The third kappa shape index (κ3) is 3.23. The van der Waals surface area contributed by atoms with E-state index >= 15 is 0 Å². The van der Waals surface area contributed by atoms with E-state index in [1.165, 1.54) is 69.7 Å². The van der Waals surface area contributed by atoms with Crippen LogP contribution in [0.4, 0.5) is 0 Å². The minimum absolute atomic E-state index is 0.734. The maximum Gasteiger partial charge on any atom is 0.163 e. The minimum Gasteiger partial charge on any atom is -0.308 e. The van der Waals surface area contributed by atoms with Crippen LogP contribution in [0.5, 0.6) is 0 Å². The van der Waals surface area contributed by atoms with E-state index in [9.17, 15) is 0 Å². The summed E-state index contributed by atoms with van der Waals surface area (Å²) in [5.41, 5.74) is 7.05. The van der Waals surface area contributed by atoms with E-state index in [0.29, 0.717) is 0 Å². The first-order valence-corrected chi connectivity index (χ1v) is 17.4. The number of hydrogen-bond donors (Lipinski definition) is 0. The van der Waals surface area contributed by atoms with Gasteiger partial charge in [-0.15, -0.1) is 11.3 Å². The van der Waals surface area contributed by atoms with Crippen LogP contribution in [-0.4, -0.2) is 18.9 Å². The normalized spacial score (nSPS) is 12.5. The van der Waals surface area contributed by atoms with Gasteiger partial charge in [-0.05, 0) is 41.1 Å². The van der Waals surface area contributed by atoms with Crippen molar-refractivity contribution in [2.24, 2.45) is 0 Å². The van der Waals surface area contributed by atoms with Gasteiger partial charge >= 0.3 is 0 Å². The second-order valence-electron chi connectivity index (χ2n) is 12.9. The third-order valence-corrected chi connectivity index (χ3v) is 11.5. The molecule has 5 heterocycles. The van der Waals surface area contributed by atoms with Crippen LogP contribution >= 0.6 is 11.3 Å². The molecule has 0 fully saturated rings. The maximum absolute atomic E-state index is 5.51. The molecule has 0 spiro atoms. The van der Waals surface area contributed by atoms with Crippen LogP contribution in [0, 0.1) is 0 Å². The number of benzene rings is 7. The number of hydrogen-bond acceptors (Lipinski definition) is 3. The number of para-hydroxylation sites is 2. The molecule has 0 N–H and O–H groups in total. The lowest BCUT2D eigenvalue weighted by molar-refractivity contribution is 1.08. The molecule has 0 aliphatic carbocycles. The topological polar surface area (TPSA) is 35.1 Å². The van der Waals surface area contributed by atoms with Gasteiger partial charge in [0.15, 0.2) is 11.6 Å².